The first kappa shape index (κ1) is 10.7. The van der Waals surface area contributed by atoms with Crippen molar-refractivity contribution in [2.45, 2.75) is 32.4 Å². The monoisotopic (exact) mass is 222 g/mol. The Balaban J connectivity index is 2.08. The second kappa shape index (κ2) is 4.40. The standard InChI is InChI=1S/C9H14N6O/c1-6(5-7(2)16)10-8-3-4-9-11-13-14-15(9)12-8/h3-4,6-7,16H,5H2,1-2H3,(H,10,12). The van der Waals surface area contributed by atoms with E-state index < -0.39 is 0 Å². The van der Waals surface area contributed by atoms with Crippen LogP contribution in [0.1, 0.15) is 20.3 Å². The highest BCUT2D eigenvalue weighted by atomic mass is 16.3. The number of nitrogens with one attached hydrogen (secondary N) is 1. The zero-order valence-electron chi connectivity index (χ0n) is 9.20. The van der Waals surface area contributed by atoms with Crippen LogP contribution >= 0.6 is 0 Å². The molecule has 0 aliphatic heterocycles. The van der Waals surface area contributed by atoms with Crippen molar-refractivity contribution in [1.29, 1.82) is 0 Å². The van der Waals surface area contributed by atoms with Crippen LogP contribution in [-0.2, 0) is 0 Å². The molecule has 0 bridgehead atoms. The van der Waals surface area contributed by atoms with Crippen molar-refractivity contribution in [2.24, 2.45) is 0 Å². The summed E-state index contributed by atoms with van der Waals surface area (Å²) in [5.41, 5.74) is 0.605. The van der Waals surface area contributed by atoms with Crippen molar-refractivity contribution in [3.8, 4) is 0 Å². The molecule has 16 heavy (non-hydrogen) atoms. The molecule has 0 saturated carbocycles. The molecule has 0 aliphatic rings. The molecule has 7 nitrogen and oxygen atoms in total. The third-order valence-corrected chi connectivity index (χ3v) is 2.16. The lowest BCUT2D eigenvalue weighted by molar-refractivity contribution is 0.179. The van der Waals surface area contributed by atoms with Crippen LogP contribution in [-0.4, -0.2) is 42.5 Å². The van der Waals surface area contributed by atoms with E-state index in [-0.39, 0.29) is 12.1 Å². The molecular weight excluding hydrogens is 208 g/mol. The number of tetrazole rings is 1. The van der Waals surface area contributed by atoms with E-state index in [2.05, 4.69) is 25.9 Å². The maximum absolute atomic E-state index is 9.24. The van der Waals surface area contributed by atoms with Crippen molar-refractivity contribution in [3.05, 3.63) is 12.1 Å². The Bertz CT molecular complexity index is 468. The van der Waals surface area contributed by atoms with Crippen LogP contribution in [0.25, 0.3) is 5.65 Å². The average molecular weight is 222 g/mol. The summed E-state index contributed by atoms with van der Waals surface area (Å²) in [5.74, 6) is 0.688. The first-order valence-electron chi connectivity index (χ1n) is 5.15. The maximum Gasteiger partial charge on any atom is 0.200 e. The van der Waals surface area contributed by atoms with Crippen molar-refractivity contribution in [3.63, 3.8) is 0 Å². The molecule has 86 valence electrons. The molecule has 2 aromatic rings. The molecule has 2 N–H and O–H groups in total. The summed E-state index contributed by atoms with van der Waals surface area (Å²) in [5, 5.41) is 27.5. The van der Waals surface area contributed by atoms with Crippen LogP contribution in [0, 0.1) is 0 Å². The summed E-state index contributed by atoms with van der Waals surface area (Å²) >= 11 is 0. The number of rotatable bonds is 4. The van der Waals surface area contributed by atoms with E-state index in [1.165, 1.54) is 4.63 Å². The van der Waals surface area contributed by atoms with Gasteiger partial charge in [-0.3, -0.25) is 0 Å². The minimum absolute atomic E-state index is 0.140. The van der Waals surface area contributed by atoms with Gasteiger partial charge >= 0.3 is 0 Å². The number of fused-ring (bicyclic) bond motifs is 1. The van der Waals surface area contributed by atoms with Crippen LogP contribution in [0.15, 0.2) is 12.1 Å². The van der Waals surface area contributed by atoms with E-state index in [9.17, 15) is 5.11 Å². The van der Waals surface area contributed by atoms with Gasteiger partial charge in [0.05, 0.1) is 6.10 Å². The summed E-state index contributed by atoms with van der Waals surface area (Å²) in [6.07, 6.45) is 0.328. The molecule has 2 atom stereocenters. The van der Waals surface area contributed by atoms with Gasteiger partial charge in [-0.2, -0.15) is 0 Å². The van der Waals surface area contributed by atoms with Crippen LogP contribution < -0.4 is 5.32 Å². The third kappa shape index (κ3) is 2.43. The molecular formula is C9H14N6O. The van der Waals surface area contributed by atoms with Gasteiger partial charge in [-0.05, 0) is 42.8 Å². The Morgan fingerprint density at radius 3 is 3.00 bits per heavy atom. The molecule has 0 spiro atoms. The molecule has 2 heterocycles. The van der Waals surface area contributed by atoms with Crippen LogP contribution in [0.3, 0.4) is 0 Å². The SMILES string of the molecule is CC(O)CC(C)Nc1ccc2nnnn2n1. The molecule has 0 radical (unpaired) electrons. The van der Waals surface area contributed by atoms with Crippen molar-refractivity contribution < 1.29 is 5.11 Å². The summed E-state index contributed by atoms with van der Waals surface area (Å²) in [4.78, 5) is 0. The summed E-state index contributed by atoms with van der Waals surface area (Å²) in [7, 11) is 0. The van der Waals surface area contributed by atoms with Gasteiger partial charge in [0.15, 0.2) is 5.65 Å². The molecule has 0 fully saturated rings. The number of hydrogen-bond acceptors (Lipinski definition) is 6. The van der Waals surface area contributed by atoms with Crippen LogP contribution in [0.4, 0.5) is 5.82 Å². The smallest absolute Gasteiger partial charge is 0.200 e. The first-order valence-corrected chi connectivity index (χ1v) is 5.15. The Labute approximate surface area is 92.5 Å². The van der Waals surface area contributed by atoms with Gasteiger partial charge in [-0.15, -0.1) is 14.8 Å². The second-order valence-corrected chi connectivity index (χ2v) is 3.88. The molecule has 2 unspecified atom stereocenters. The quantitative estimate of drug-likeness (QED) is 0.762. The topological polar surface area (TPSA) is 88.2 Å². The van der Waals surface area contributed by atoms with E-state index in [0.717, 1.165) is 0 Å². The Kier molecular flexibility index (Phi) is 2.95. The van der Waals surface area contributed by atoms with Gasteiger partial charge in [0.1, 0.15) is 5.82 Å². The zero-order chi connectivity index (χ0) is 11.5. The average Bonchev–Trinajstić information content (AvgIpc) is 2.63. The Morgan fingerprint density at radius 2 is 2.25 bits per heavy atom. The van der Waals surface area contributed by atoms with Gasteiger partial charge < -0.3 is 10.4 Å². The summed E-state index contributed by atoms with van der Waals surface area (Å²) < 4.78 is 1.36. The van der Waals surface area contributed by atoms with Crippen molar-refractivity contribution in [1.82, 2.24) is 25.3 Å². The Morgan fingerprint density at radius 1 is 1.44 bits per heavy atom. The number of nitrogens with zero attached hydrogens (tertiary/aromatic N) is 5. The van der Waals surface area contributed by atoms with E-state index in [1.807, 2.05) is 13.0 Å². The van der Waals surface area contributed by atoms with E-state index in [0.29, 0.717) is 17.9 Å². The molecule has 2 aromatic heterocycles. The predicted octanol–water partition coefficient (Wildman–Crippen LogP) is 0.0906. The van der Waals surface area contributed by atoms with E-state index in [1.54, 1.807) is 13.0 Å². The number of aromatic nitrogens is 5. The molecule has 7 heteroatoms. The van der Waals surface area contributed by atoms with Crippen molar-refractivity contribution in [2.75, 3.05) is 5.32 Å². The predicted molar refractivity (Wildman–Crippen MR) is 58.0 cm³/mol. The minimum Gasteiger partial charge on any atom is -0.393 e. The number of anilines is 1. The lowest BCUT2D eigenvalue weighted by atomic mass is 10.1. The fourth-order valence-corrected chi connectivity index (χ4v) is 1.55. The molecule has 0 aliphatic carbocycles. The lowest BCUT2D eigenvalue weighted by Crippen LogP contribution is -2.21. The van der Waals surface area contributed by atoms with Gasteiger partial charge in [-0.25, -0.2) is 0 Å². The molecule has 2 rings (SSSR count). The van der Waals surface area contributed by atoms with Gasteiger partial charge in [0.2, 0.25) is 0 Å². The summed E-state index contributed by atoms with van der Waals surface area (Å²) in [6.45, 7) is 3.74. The molecule has 0 aromatic carbocycles. The highest BCUT2D eigenvalue weighted by Crippen LogP contribution is 2.07. The zero-order valence-corrected chi connectivity index (χ0v) is 9.20. The fraction of sp³-hybridized carbons (Fsp3) is 0.556. The third-order valence-electron chi connectivity index (χ3n) is 2.16. The first-order chi connectivity index (χ1) is 7.65. The lowest BCUT2D eigenvalue weighted by Gasteiger charge is -2.15. The fourth-order valence-electron chi connectivity index (χ4n) is 1.55. The van der Waals surface area contributed by atoms with Gasteiger partial charge in [0, 0.05) is 6.04 Å². The highest BCUT2D eigenvalue weighted by Gasteiger charge is 2.07. The van der Waals surface area contributed by atoms with Gasteiger partial charge in [-0.1, -0.05) is 0 Å². The number of aliphatic hydroxyl groups excluding tert-OH is 1. The largest absolute Gasteiger partial charge is 0.393 e. The maximum atomic E-state index is 9.24. The van der Waals surface area contributed by atoms with E-state index >= 15 is 0 Å². The normalized spacial score (nSPS) is 14.9. The van der Waals surface area contributed by atoms with Gasteiger partial charge in [0.25, 0.3) is 0 Å². The highest BCUT2D eigenvalue weighted by molar-refractivity contribution is 5.42. The van der Waals surface area contributed by atoms with Crippen LogP contribution in [0.2, 0.25) is 0 Å². The van der Waals surface area contributed by atoms with Crippen molar-refractivity contribution >= 4 is 11.5 Å². The Hall–Kier alpha value is -1.76. The second-order valence-electron chi connectivity index (χ2n) is 3.88. The number of aliphatic hydroxyl groups is 1. The van der Waals surface area contributed by atoms with Crippen LogP contribution in [0.5, 0.6) is 0 Å². The molecule has 0 amide bonds. The molecule has 0 saturated heterocycles. The summed E-state index contributed by atoms with van der Waals surface area (Å²) in [6, 6.07) is 3.73. The number of hydrogen-bond donors (Lipinski definition) is 2. The minimum atomic E-state index is -0.334. The van der Waals surface area contributed by atoms with E-state index in [4.69, 9.17) is 0 Å².